The lowest BCUT2D eigenvalue weighted by Gasteiger charge is -2.32. The van der Waals surface area contributed by atoms with Gasteiger partial charge in [0.05, 0.1) is 5.69 Å². The molecule has 1 fully saturated rings. The molecule has 148 valence electrons. The number of hydrogen-bond donors (Lipinski definition) is 1. The molecule has 0 radical (unpaired) electrons. The van der Waals surface area contributed by atoms with E-state index in [-0.39, 0.29) is 0 Å². The van der Waals surface area contributed by atoms with Crippen molar-refractivity contribution in [3.8, 4) is 6.19 Å². The van der Waals surface area contributed by atoms with Crippen molar-refractivity contribution in [2.24, 2.45) is 4.99 Å². The lowest BCUT2D eigenvalue weighted by Crippen LogP contribution is -2.42. The Labute approximate surface area is 180 Å². The summed E-state index contributed by atoms with van der Waals surface area (Å²) in [5, 5.41) is 9.76. The van der Waals surface area contributed by atoms with Crippen LogP contribution in [0.15, 0.2) is 47.1 Å². The minimum atomic E-state index is 0.635. The van der Waals surface area contributed by atoms with Crippen LogP contribution in [0.2, 0.25) is 5.02 Å². The first-order valence-corrected chi connectivity index (χ1v) is 11.3. The van der Waals surface area contributed by atoms with Gasteiger partial charge in [0, 0.05) is 36.1 Å². The monoisotopic (exact) mass is 423 g/mol. The van der Waals surface area contributed by atoms with E-state index in [1.54, 1.807) is 0 Å². The van der Waals surface area contributed by atoms with Gasteiger partial charge in [0.15, 0.2) is 0 Å². The third-order valence-corrected chi connectivity index (χ3v) is 6.12. The Morgan fingerprint density at radius 3 is 2.76 bits per heavy atom. The van der Waals surface area contributed by atoms with Gasteiger partial charge in [-0.1, -0.05) is 41.3 Å². The highest BCUT2D eigenvalue weighted by Crippen LogP contribution is 2.38. The van der Waals surface area contributed by atoms with Gasteiger partial charge in [0.25, 0.3) is 0 Å². The largest absolute Gasteiger partial charge is 0.341 e. The number of rotatable bonds is 1. The van der Waals surface area contributed by atoms with Crippen LogP contribution < -0.4 is 4.72 Å². The fourth-order valence-electron chi connectivity index (χ4n) is 4.17. The number of nitrogens with zero attached hydrogens (tertiary/aromatic N) is 4. The summed E-state index contributed by atoms with van der Waals surface area (Å²) in [6.45, 7) is 1.63. The first kappa shape index (κ1) is 19.8. The minimum Gasteiger partial charge on any atom is -0.341 e. The Morgan fingerprint density at radius 1 is 1.21 bits per heavy atom. The molecule has 0 atom stereocenters. The molecule has 1 aliphatic carbocycles. The number of aryl methyl sites for hydroxylation is 2. The zero-order valence-corrected chi connectivity index (χ0v) is 17.9. The summed E-state index contributed by atoms with van der Waals surface area (Å²) in [7, 11) is 0. The molecular formula is C22H22ClN5S. The number of aromatic nitrogens is 1. The Kier molecular flexibility index (Phi) is 6.08. The molecule has 1 aliphatic heterocycles. The van der Waals surface area contributed by atoms with E-state index in [1.165, 1.54) is 39.8 Å². The average Bonchev–Trinajstić information content (AvgIpc) is 2.90. The van der Waals surface area contributed by atoms with Crippen molar-refractivity contribution in [2.75, 3.05) is 19.3 Å². The molecule has 1 aromatic carbocycles. The number of hydrogen-bond acceptors (Lipinski definition) is 4. The Bertz CT molecular complexity index is 1010. The number of fused-ring (bicyclic) bond motifs is 2. The zero-order valence-electron chi connectivity index (χ0n) is 16.3. The number of pyridine rings is 1. The summed E-state index contributed by atoms with van der Waals surface area (Å²) in [6.07, 6.45) is 9.47. The molecule has 0 amide bonds. The number of nitrogens with one attached hydrogen (secondary N) is 1. The standard InChI is InChI=1S/C22H22ClN5S/c1-29-27-22(26-14-24)28-11-8-15(9-12-28)20-19-7-6-18(23)13-17(19)5-4-16-3-2-10-25-21(16)20/h2-3,6-7,10,13H,4-5,8-9,11-12H2,1H3,(H,26,27). The summed E-state index contributed by atoms with van der Waals surface area (Å²) in [6, 6.07) is 10.4. The number of piperidine rings is 1. The molecule has 2 aromatic rings. The van der Waals surface area contributed by atoms with Crippen LogP contribution in [0.25, 0.3) is 5.57 Å². The molecule has 1 N–H and O–H groups in total. The molecule has 0 bridgehead atoms. The number of aliphatic imine (C=N–C) groups is 1. The molecule has 2 heterocycles. The van der Waals surface area contributed by atoms with E-state index in [0.29, 0.717) is 5.96 Å². The van der Waals surface area contributed by atoms with Gasteiger partial charge in [-0.05, 0) is 60.6 Å². The smallest absolute Gasteiger partial charge is 0.219 e. The van der Waals surface area contributed by atoms with Crippen molar-refractivity contribution in [1.82, 2.24) is 14.6 Å². The summed E-state index contributed by atoms with van der Waals surface area (Å²) in [5.74, 6) is 0.635. The summed E-state index contributed by atoms with van der Waals surface area (Å²) in [5.41, 5.74) is 7.61. The highest BCUT2D eigenvalue weighted by molar-refractivity contribution is 7.97. The van der Waals surface area contributed by atoms with Gasteiger partial charge >= 0.3 is 0 Å². The number of nitriles is 1. The molecule has 4 rings (SSSR count). The Morgan fingerprint density at radius 2 is 2.00 bits per heavy atom. The lowest BCUT2D eigenvalue weighted by atomic mass is 9.88. The fourth-order valence-corrected chi connectivity index (χ4v) is 4.72. The Balaban J connectivity index is 1.74. The van der Waals surface area contributed by atoms with Crippen LogP contribution in [-0.2, 0) is 12.8 Å². The van der Waals surface area contributed by atoms with E-state index in [9.17, 15) is 0 Å². The van der Waals surface area contributed by atoms with E-state index >= 15 is 0 Å². The average molecular weight is 424 g/mol. The van der Waals surface area contributed by atoms with Crippen LogP contribution >= 0.6 is 23.5 Å². The maximum Gasteiger partial charge on any atom is 0.219 e. The van der Waals surface area contributed by atoms with Crippen molar-refractivity contribution < 1.29 is 0 Å². The van der Waals surface area contributed by atoms with Gasteiger partial charge in [-0.3, -0.25) is 9.71 Å². The van der Waals surface area contributed by atoms with Gasteiger partial charge in [0.1, 0.15) is 0 Å². The molecule has 1 aromatic heterocycles. The fraction of sp³-hybridized carbons (Fsp3) is 0.318. The second-order valence-electron chi connectivity index (χ2n) is 7.12. The van der Waals surface area contributed by atoms with Crippen molar-refractivity contribution in [1.29, 1.82) is 5.26 Å². The normalized spacial score (nSPS) is 16.6. The SMILES string of the molecule is CSNC(=NC#N)N1CCC(=C2c3ccc(Cl)cc3CCc3cccnc32)CC1. The topological polar surface area (TPSA) is 64.3 Å². The molecule has 29 heavy (non-hydrogen) atoms. The second-order valence-corrected chi connectivity index (χ2v) is 8.17. The first-order chi connectivity index (χ1) is 14.2. The number of halogens is 1. The molecule has 2 aliphatic rings. The molecule has 0 unspecified atom stereocenters. The van der Waals surface area contributed by atoms with Crippen molar-refractivity contribution in [3.63, 3.8) is 0 Å². The summed E-state index contributed by atoms with van der Waals surface area (Å²) in [4.78, 5) is 10.9. The maximum atomic E-state index is 8.98. The van der Waals surface area contributed by atoms with Crippen molar-refractivity contribution in [3.05, 3.63) is 69.5 Å². The van der Waals surface area contributed by atoms with Crippen LogP contribution in [-0.4, -0.2) is 35.2 Å². The number of benzene rings is 1. The van der Waals surface area contributed by atoms with Gasteiger partial charge in [0.2, 0.25) is 12.2 Å². The van der Waals surface area contributed by atoms with Gasteiger partial charge in [-0.25, -0.2) is 0 Å². The lowest BCUT2D eigenvalue weighted by molar-refractivity contribution is 0.382. The molecule has 7 heteroatoms. The molecule has 0 spiro atoms. The zero-order chi connectivity index (χ0) is 20.2. The molecule has 1 saturated heterocycles. The van der Waals surface area contributed by atoms with Crippen LogP contribution in [0.3, 0.4) is 0 Å². The predicted molar refractivity (Wildman–Crippen MR) is 120 cm³/mol. The van der Waals surface area contributed by atoms with Crippen LogP contribution in [0, 0.1) is 11.5 Å². The van der Waals surface area contributed by atoms with Crippen LogP contribution in [0.5, 0.6) is 0 Å². The van der Waals surface area contributed by atoms with E-state index in [2.05, 4.69) is 32.8 Å². The maximum absolute atomic E-state index is 8.98. The molecule has 0 saturated carbocycles. The first-order valence-electron chi connectivity index (χ1n) is 9.67. The van der Waals surface area contributed by atoms with E-state index in [1.807, 2.05) is 30.8 Å². The second kappa shape index (κ2) is 8.89. The third kappa shape index (κ3) is 4.12. The Hall–Kier alpha value is -2.49. The van der Waals surface area contributed by atoms with Crippen LogP contribution in [0.4, 0.5) is 0 Å². The summed E-state index contributed by atoms with van der Waals surface area (Å²) >= 11 is 7.75. The van der Waals surface area contributed by atoms with E-state index in [0.717, 1.165) is 49.5 Å². The van der Waals surface area contributed by atoms with Gasteiger partial charge < -0.3 is 4.90 Å². The highest BCUT2D eigenvalue weighted by Gasteiger charge is 2.26. The van der Waals surface area contributed by atoms with Crippen molar-refractivity contribution >= 4 is 35.1 Å². The molecular weight excluding hydrogens is 402 g/mol. The third-order valence-electron chi connectivity index (χ3n) is 5.50. The predicted octanol–water partition coefficient (Wildman–Crippen LogP) is 4.44. The van der Waals surface area contributed by atoms with Crippen molar-refractivity contribution in [2.45, 2.75) is 25.7 Å². The minimum absolute atomic E-state index is 0.635. The highest BCUT2D eigenvalue weighted by atomic mass is 35.5. The van der Waals surface area contributed by atoms with E-state index in [4.69, 9.17) is 21.8 Å². The summed E-state index contributed by atoms with van der Waals surface area (Å²) < 4.78 is 3.12. The van der Waals surface area contributed by atoms with Gasteiger partial charge in [-0.2, -0.15) is 5.26 Å². The number of likely N-dealkylation sites (tertiary alicyclic amines) is 1. The number of guanidine groups is 1. The van der Waals surface area contributed by atoms with E-state index < -0.39 is 0 Å². The quantitative estimate of drug-likeness (QED) is 0.318. The molecule has 5 nitrogen and oxygen atoms in total. The van der Waals surface area contributed by atoms with Gasteiger partial charge in [-0.15, -0.1) is 4.99 Å². The van der Waals surface area contributed by atoms with Crippen LogP contribution in [0.1, 0.15) is 35.2 Å².